The van der Waals surface area contributed by atoms with Gasteiger partial charge in [0.2, 0.25) is 0 Å². The standard InChI is InChI=1S/C13H17N3O2/c1-2-9-14-13(18)16-12-8-5-7-11(15-12)6-3-4-10-17/h5,7-8,17H,2,4,9-10H2,1H3,(H2,14,15,16,18). The average Bonchev–Trinajstić information content (AvgIpc) is 2.37. The molecular weight excluding hydrogens is 230 g/mol. The van der Waals surface area contributed by atoms with E-state index in [-0.39, 0.29) is 12.6 Å². The lowest BCUT2D eigenvalue weighted by molar-refractivity contribution is 0.252. The molecule has 0 spiro atoms. The van der Waals surface area contributed by atoms with Crippen molar-refractivity contribution < 1.29 is 9.90 Å². The highest BCUT2D eigenvalue weighted by atomic mass is 16.2. The van der Waals surface area contributed by atoms with E-state index >= 15 is 0 Å². The van der Waals surface area contributed by atoms with Crippen molar-refractivity contribution in [3.05, 3.63) is 23.9 Å². The first-order valence-electron chi connectivity index (χ1n) is 5.88. The summed E-state index contributed by atoms with van der Waals surface area (Å²) >= 11 is 0. The Morgan fingerprint density at radius 1 is 1.50 bits per heavy atom. The number of aromatic nitrogens is 1. The van der Waals surface area contributed by atoms with Gasteiger partial charge in [-0.1, -0.05) is 18.9 Å². The number of nitrogens with zero attached hydrogens (tertiary/aromatic N) is 1. The predicted octanol–water partition coefficient (Wildman–Crippen LogP) is 1.35. The van der Waals surface area contributed by atoms with Crippen molar-refractivity contribution in [1.29, 1.82) is 0 Å². The summed E-state index contributed by atoms with van der Waals surface area (Å²) in [5.41, 5.74) is 0.566. The van der Waals surface area contributed by atoms with Crippen LogP contribution in [-0.4, -0.2) is 29.3 Å². The summed E-state index contributed by atoms with van der Waals surface area (Å²) in [4.78, 5) is 15.6. The number of hydrogen-bond donors (Lipinski definition) is 3. The van der Waals surface area contributed by atoms with E-state index in [2.05, 4.69) is 27.5 Å². The maximum Gasteiger partial charge on any atom is 0.320 e. The Hall–Kier alpha value is -2.06. The summed E-state index contributed by atoms with van der Waals surface area (Å²) in [7, 11) is 0. The van der Waals surface area contributed by atoms with Crippen LogP contribution in [0.25, 0.3) is 0 Å². The second kappa shape index (κ2) is 8.09. The number of pyridine rings is 1. The second-order valence-corrected chi connectivity index (χ2v) is 3.56. The van der Waals surface area contributed by atoms with E-state index in [1.54, 1.807) is 18.2 Å². The van der Waals surface area contributed by atoms with E-state index < -0.39 is 0 Å². The summed E-state index contributed by atoms with van der Waals surface area (Å²) in [5.74, 6) is 6.04. The molecule has 1 rings (SSSR count). The Labute approximate surface area is 107 Å². The maximum absolute atomic E-state index is 11.4. The number of hydrogen-bond acceptors (Lipinski definition) is 3. The molecule has 0 fully saturated rings. The number of anilines is 1. The molecular formula is C13H17N3O2. The molecule has 1 aromatic heterocycles. The van der Waals surface area contributed by atoms with Gasteiger partial charge in [0.1, 0.15) is 11.5 Å². The van der Waals surface area contributed by atoms with Crippen LogP contribution in [0.4, 0.5) is 10.6 Å². The van der Waals surface area contributed by atoms with Crippen LogP contribution in [0, 0.1) is 11.8 Å². The third kappa shape index (κ3) is 5.32. The first kappa shape index (κ1) is 14.0. The summed E-state index contributed by atoms with van der Waals surface area (Å²) in [5, 5.41) is 13.9. The Morgan fingerprint density at radius 3 is 3.06 bits per heavy atom. The molecule has 0 radical (unpaired) electrons. The summed E-state index contributed by atoms with van der Waals surface area (Å²) in [6, 6.07) is 4.94. The molecule has 1 aromatic rings. The van der Waals surface area contributed by atoms with Crippen molar-refractivity contribution in [2.24, 2.45) is 0 Å². The van der Waals surface area contributed by atoms with Crippen LogP contribution in [0.1, 0.15) is 25.5 Å². The zero-order valence-electron chi connectivity index (χ0n) is 10.4. The molecule has 3 N–H and O–H groups in total. The highest BCUT2D eigenvalue weighted by molar-refractivity contribution is 5.88. The van der Waals surface area contributed by atoms with Gasteiger partial charge in [-0.05, 0) is 24.5 Å². The van der Waals surface area contributed by atoms with Gasteiger partial charge < -0.3 is 10.4 Å². The van der Waals surface area contributed by atoms with Crippen LogP contribution < -0.4 is 10.6 Å². The Bertz CT molecular complexity index is 449. The third-order valence-electron chi connectivity index (χ3n) is 1.98. The maximum atomic E-state index is 11.4. The molecule has 5 heteroatoms. The Balaban J connectivity index is 2.60. The van der Waals surface area contributed by atoms with Gasteiger partial charge in [-0.2, -0.15) is 0 Å². The molecule has 0 aliphatic carbocycles. The lowest BCUT2D eigenvalue weighted by Crippen LogP contribution is -2.29. The number of carbonyl (C=O) groups is 1. The molecule has 0 atom stereocenters. The second-order valence-electron chi connectivity index (χ2n) is 3.56. The summed E-state index contributed by atoms with van der Waals surface area (Å²) in [6.07, 6.45) is 1.30. The van der Waals surface area contributed by atoms with E-state index in [1.807, 2.05) is 6.92 Å². The monoisotopic (exact) mass is 247 g/mol. The highest BCUT2D eigenvalue weighted by Gasteiger charge is 2.01. The van der Waals surface area contributed by atoms with Crippen molar-refractivity contribution in [2.45, 2.75) is 19.8 Å². The molecule has 0 bridgehead atoms. The molecule has 0 aliphatic rings. The number of carbonyl (C=O) groups excluding carboxylic acids is 1. The molecule has 96 valence electrons. The summed E-state index contributed by atoms with van der Waals surface area (Å²) < 4.78 is 0. The first-order valence-corrected chi connectivity index (χ1v) is 5.88. The number of aliphatic hydroxyl groups excluding tert-OH is 1. The zero-order valence-corrected chi connectivity index (χ0v) is 10.4. The Kier molecular flexibility index (Phi) is 6.30. The van der Waals surface area contributed by atoms with Crippen LogP contribution in [0.2, 0.25) is 0 Å². The van der Waals surface area contributed by atoms with E-state index in [0.717, 1.165) is 6.42 Å². The van der Waals surface area contributed by atoms with Gasteiger partial charge >= 0.3 is 6.03 Å². The van der Waals surface area contributed by atoms with Crippen LogP contribution in [0.15, 0.2) is 18.2 Å². The van der Waals surface area contributed by atoms with Gasteiger partial charge in [-0.25, -0.2) is 9.78 Å². The fourth-order valence-corrected chi connectivity index (χ4v) is 1.18. The predicted molar refractivity (Wildman–Crippen MR) is 70.1 cm³/mol. The zero-order chi connectivity index (χ0) is 13.2. The van der Waals surface area contributed by atoms with Crippen LogP contribution >= 0.6 is 0 Å². The molecule has 5 nitrogen and oxygen atoms in total. The van der Waals surface area contributed by atoms with Gasteiger partial charge in [-0.3, -0.25) is 5.32 Å². The van der Waals surface area contributed by atoms with E-state index in [1.165, 1.54) is 0 Å². The molecule has 18 heavy (non-hydrogen) atoms. The normalized spacial score (nSPS) is 9.22. The lowest BCUT2D eigenvalue weighted by Gasteiger charge is -2.05. The van der Waals surface area contributed by atoms with E-state index in [0.29, 0.717) is 24.5 Å². The smallest absolute Gasteiger partial charge is 0.320 e. The molecule has 0 saturated heterocycles. The lowest BCUT2D eigenvalue weighted by atomic mass is 10.3. The molecule has 0 saturated carbocycles. The minimum Gasteiger partial charge on any atom is -0.395 e. The van der Waals surface area contributed by atoms with Crippen molar-refractivity contribution >= 4 is 11.8 Å². The van der Waals surface area contributed by atoms with Crippen molar-refractivity contribution in [3.8, 4) is 11.8 Å². The van der Waals surface area contributed by atoms with Crippen LogP contribution in [0.5, 0.6) is 0 Å². The first-order chi connectivity index (χ1) is 8.76. The number of aliphatic hydroxyl groups is 1. The van der Waals surface area contributed by atoms with Gasteiger partial charge in [0.05, 0.1) is 6.61 Å². The third-order valence-corrected chi connectivity index (χ3v) is 1.98. The quantitative estimate of drug-likeness (QED) is 0.703. The topological polar surface area (TPSA) is 74.2 Å². The molecule has 0 unspecified atom stereocenters. The molecule has 1 heterocycles. The minimum atomic E-state index is -0.273. The number of rotatable bonds is 4. The van der Waals surface area contributed by atoms with Gasteiger partial charge in [0.15, 0.2) is 0 Å². The Morgan fingerprint density at radius 2 is 2.33 bits per heavy atom. The average molecular weight is 247 g/mol. The summed E-state index contributed by atoms with van der Waals surface area (Å²) in [6.45, 7) is 2.64. The van der Waals surface area contributed by atoms with Crippen molar-refractivity contribution in [1.82, 2.24) is 10.3 Å². The van der Waals surface area contributed by atoms with Crippen LogP contribution in [-0.2, 0) is 0 Å². The highest BCUT2D eigenvalue weighted by Crippen LogP contribution is 2.03. The van der Waals surface area contributed by atoms with Gasteiger partial charge in [-0.15, -0.1) is 0 Å². The fourth-order valence-electron chi connectivity index (χ4n) is 1.18. The van der Waals surface area contributed by atoms with Gasteiger partial charge in [0.25, 0.3) is 0 Å². The van der Waals surface area contributed by atoms with Gasteiger partial charge in [0, 0.05) is 13.0 Å². The van der Waals surface area contributed by atoms with E-state index in [4.69, 9.17) is 5.11 Å². The van der Waals surface area contributed by atoms with E-state index in [9.17, 15) is 4.79 Å². The molecule has 2 amide bonds. The molecule has 0 aliphatic heterocycles. The largest absolute Gasteiger partial charge is 0.395 e. The number of urea groups is 1. The number of amides is 2. The van der Waals surface area contributed by atoms with Crippen LogP contribution in [0.3, 0.4) is 0 Å². The van der Waals surface area contributed by atoms with Crippen molar-refractivity contribution in [3.63, 3.8) is 0 Å². The fraction of sp³-hybridized carbons (Fsp3) is 0.385. The number of nitrogens with one attached hydrogen (secondary N) is 2. The van der Waals surface area contributed by atoms with Crippen molar-refractivity contribution in [2.75, 3.05) is 18.5 Å². The SMILES string of the molecule is CCCNC(=O)Nc1cccc(C#CCCO)n1. The minimum absolute atomic E-state index is 0.0321. The molecule has 0 aromatic carbocycles.